The number of carboxylic acid groups (broad SMARTS) is 1. The van der Waals surface area contributed by atoms with Gasteiger partial charge in [-0.05, 0) is 6.42 Å². The molecule has 1 aliphatic rings. The monoisotopic (exact) mass is 275 g/mol. The van der Waals surface area contributed by atoms with Crippen LogP contribution in [-0.4, -0.2) is 58.7 Å². The smallest absolute Gasteiger partial charge is 0.327 e. The minimum atomic E-state index is -1.02. The third-order valence-electron chi connectivity index (χ3n) is 2.40. The van der Waals surface area contributed by atoms with E-state index in [0.29, 0.717) is 18.2 Å². The van der Waals surface area contributed by atoms with Gasteiger partial charge in [-0.2, -0.15) is 0 Å². The fourth-order valence-electron chi connectivity index (χ4n) is 1.43. The molecule has 1 unspecified atom stereocenters. The normalized spacial score (nSPS) is 18.5. The second-order valence-electron chi connectivity index (χ2n) is 3.83. The molecule has 1 atom stereocenters. The zero-order valence-electron chi connectivity index (χ0n) is 10.1. The molecule has 8 heteroatoms. The summed E-state index contributed by atoms with van der Waals surface area (Å²) in [6, 6.07) is -1.33. The number of nitrogens with zero attached hydrogens (tertiary/aromatic N) is 1. The van der Waals surface area contributed by atoms with Crippen molar-refractivity contribution in [1.29, 1.82) is 0 Å². The molecule has 0 saturated carbocycles. The topological polar surface area (TPSA) is 98.7 Å². The second-order valence-corrected chi connectivity index (χ2v) is 4.83. The van der Waals surface area contributed by atoms with Crippen LogP contribution >= 0.6 is 11.8 Å². The van der Waals surface area contributed by atoms with Crippen LogP contribution in [0.5, 0.6) is 0 Å². The standard InChI is InChI=1S/C10H17N3O4S/c1-2-3-11-8(14)4-12-10(17)13-6-18-5-7(13)9(15)16/h7H,2-6H2,1H3,(H,11,14)(H,12,17)(H,15,16). The molecule has 0 aromatic carbocycles. The predicted octanol–water partition coefficient (Wildman–Crippen LogP) is -0.318. The average molecular weight is 275 g/mol. The average Bonchev–Trinajstić information content (AvgIpc) is 2.82. The number of carboxylic acids is 1. The number of nitrogens with one attached hydrogen (secondary N) is 2. The van der Waals surface area contributed by atoms with E-state index in [-0.39, 0.29) is 12.5 Å². The van der Waals surface area contributed by atoms with Crippen molar-refractivity contribution in [2.75, 3.05) is 24.7 Å². The largest absolute Gasteiger partial charge is 0.480 e. The Morgan fingerprint density at radius 3 is 2.72 bits per heavy atom. The van der Waals surface area contributed by atoms with E-state index >= 15 is 0 Å². The van der Waals surface area contributed by atoms with Crippen molar-refractivity contribution in [3.05, 3.63) is 0 Å². The van der Waals surface area contributed by atoms with Crippen LogP contribution in [0.25, 0.3) is 0 Å². The van der Waals surface area contributed by atoms with Crippen LogP contribution in [0.4, 0.5) is 4.79 Å². The van der Waals surface area contributed by atoms with E-state index < -0.39 is 18.0 Å². The third kappa shape index (κ3) is 4.10. The first-order valence-corrected chi connectivity index (χ1v) is 6.83. The lowest BCUT2D eigenvalue weighted by Crippen LogP contribution is -2.49. The molecule has 0 spiro atoms. The highest BCUT2D eigenvalue weighted by atomic mass is 32.2. The van der Waals surface area contributed by atoms with Gasteiger partial charge in [0.2, 0.25) is 5.91 Å². The number of rotatable bonds is 5. The zero-order chi connectivity index (χ0) is 13.5. The van der Waals surface area contributed by atoms with Crippen molar-refractivity contribution in [2.45, 2.75) is 19.4 Å². The Kier molecular flexibility index (Phi) is 5.76. The molecule has 18 heavy (non-hydrogen) atoms. The summed E-state index contributed by atoms with van der Waals surface area (Å²) in [6.07, 6.45) is 0.823. The molecule has 0 bridgehead atoms. The van der Waals surface area contributed by atoms with Crippen LogP contribution in [0.15, 0.2) is 0 Å². The maximum absolute atomic E-state index is 11.7. The zero-order valence-corrected chi connectivity index (χ0v) is 11.0. The Labute approximate surface area is 109 Å². The lowest BCUT2D eigenvalue weighted by atomic mass is 10.3. The first-order chi connectivity index (χ1) is 8.56. The summed E-state index contributed by atoms with van der Waals surface area (Å²) in [5.74, 6) is -0.584. The van der Waals surface area contributed by atoms with Gasteiger partial charge in [-0.3, -0.25) is 4.79 Å². The predicted molar refractivity (Wildman–Crippen MR) is 67.3 cm³/mol. The number of amides is 3. The number of thioether (sulfide) groups is 1. The number of carbonyl (C=O) groups excluding carboxylic acids is 2. The van der Waals surface area contributed by atoms with Crippen molar-refractivity contribution in [3.63, 3.8) is 0 Å². The van der Waals surface area contributed by atoms with Crippen LogP contribution in [0.1, 0.15) is 13.3 Å². The summed E-state index contributed by atoms with van der Waals surface area (Å²) in [4.78, 5) is 35.1. The highest BCUT2D eigenvalue weighted by Gasteiger charge is 2.34. The lowest BCUT2D eigenvalue weighted by Gasteiger charge is -2.20. The van der Waals surface area contributed by atoms with Gasteiger partial charge in [-0.15, -0.1) is 11.8 Å². The van der Waals surface area contributed by atoms with Crippen molar-refractivity contribution in [2.24, 2.45) is 0 Å². The molecule has 0 aromatic heterocycles. The van der Waals surface area contributed by atoms with Gasteiger partial charge in [0.25, 0.3) is 0 Å². The van der Waals surface area contributed by atoms with Crippen LogP contribution in [-0.2, 0) is 9.59 Å². The summed E-state index contributed by atoms with van der Waals surface area (Å²) in [6.45, 7) is 2.36. The van der Waals surface area contributed by atoms with E-state index in [9.17, 15) is 14.4 Å². The van der Waals surface area contributed by atoms with Gasteiger partial charge in [-0.1, -0.05) is 6.92 Å². The molecule has 0 aromatic rings. The van der Waals surface area contributed by atoms with Gasteiger partial charge in [0.15, 0.2) is 0 Å². The Bertz CT molecular complexity index is 337. The summed E-state index contributed by atoms with van der Waals surface area (Å²) in [5.41, 5.74) is 0. The molecule has 0 aliphatic carbocycles. The fourth-order valence-corrected chi connectivity index (χ4v) is 2.58. The summed E-state index contributed by atoms with van der Waals surface area (Å²) in [5, 5.41) is 13.9. The molecule has 1 heterocycles. The van der Waals surface area contributed by atoms with Crippen LogP contribution in [0.3, 0.4) is 0 Å². The number of aliphatic carboxylic acids is 1. The highest BCUT2D eigenvalue weighted by Crippen LogP contribution is 2.20. The van der Waals surface area contributed by atoms with Crippen molar-refractivity contribution in [1.82, 2.24) is 15.5 Å². The molecule has 1 saturated heterocycles. The molecule has 1 aliphatic heterocycles. The number of hydrogen-bond acceptors (Lipinski definition) is 4. The highest BCUT2D eigenvalue weighted by molar-refractivity contribution is 7.99. The Morgan fingerprint density at radius 2 is 2.11 bits per heavy atom. The SMILES string of the molecule is CCCNC(=O)CNC(=O)N1CSCC1C(=O)O. The summed E-state index contributed by atoms with van der Waals surface area (Å²) >= 11 is 1.38. The Balaban J connectivity index is 2.36. The van der Waals surface area contributed by atoms with Crippen LogP contribution < -0.4 is 10.6 Å². The Morgan fingerprint density at radius 1 is 1.39 bits per heavy atom. The maximum atomic E-state index is 11.7. The third-order valence-corrected chi connectivity index (χ3v) is 3.41. The van der Waals surface area contributed by atoms with E-state index in [1.54, 1.807) is 0 Å². The van der Waals surface area contributed by atoms with E-state index in [0.717, 1.165) is 6.42 Å². The van der Waals surface area contributed by atoms with Gasteiger partial charge in [0.05, 0.1) is 12.4 Å². The quantitative estimate of drug-likeness (QED) is 0.639. The molecule has 0 radical (unpaired) electrons. The molecule has 1 rings (SSSR count). The Hall–Kier alpha value is -1.44. The maximum Gasteiger partial charge on any atom is 0.327 e. The first kappa shape index (κ1) is 14.6. The van der Waals surface area contributed by atoms with Gasteiger partial charge in [-0.25, -0.2) is 9.59 Å². The van der Waals surface area contributed by atoms with E-state index in [4.69, 9.17) is 5.11 Å². The molecule has 7 nitrogen and oxygen atoms in total. The van der Waals surface area contributed by atoms with Crippen molar-refractivity contribution >= 4 is 29.7 Å². The van der Waals surface area contributed by atoms with Gasteiger partial charge >= 0.3 is 12.0 Å². The van der Waals surface area contributed by atoms with Gasteiger partial charge in [0.1, 0.15) is 6.04 Å². The van der Waals surface area contributed by atoms with Gasteiger partial charge in [0, 0.05) is 12.3 Å². The van der Waals surface area contributed by atoms with Crippen molar-refractivity contribution in [3.8, 4) is 0 Å². The summed E-state index contributed by atoms with van der Waals surface area (Å²) in [7, 11) is 0. The molecule has 3 N–H and O–H groups in total. The summed E-state index contributed by atoms with van der Waals surface area (Å²) < 4.78 is 0. The number of carbonyl (C=O) groups is 3. The van der Waals surface area contributed by atoms with Crippen LogP contribution in [0, 0.1) is 0 Å². The number of urea groups is 1. The molecule has 1 fully saturated rings. The molecular weight excluding hydrogens is 258 g/mol. The van der Waals surface area contributed by atoms with E-state index in [1.165, 1.54) is 16.7 Å². The lowest BCUT2D eigenvalue weighted by molar-refractivity contribution is -0.140. The van der Waals surface area contributed by atoms with Crippen LogP contribution in [0.2, 0.25) is 0 Å². The van der Waals surface area contributed by atoms with Crippen molar-refractivity contribution < 1.29 is 19.5 Å². The fraction of sp³-hybridized carbons (Fsp3) is 0.700. The second kappa shape index (κ2) is 7.10. The van der Waals surface area contributed by atoms with E-state index in [1.807, 2.05) is 6.92 Å². The minimum Gasteiger partial charge on any atom is -0.480 e. The first-order valence-electron chi connectivity index (χ1n) is 5.68. The minimum absolute atomic E-state index is 0.133. The van der Waals surface area contributed by atoms with E-state index in [2.05, 4.69) is 10.6 Å². The molecule has 102 valence electrons. The molecule has 3 amide bonds. The molecular formula is C10H17N3O4S. The number of hydrogen-bond donors (Lipinski definition) is 3. The van der Waals surface area contributed by atoms with Gasteiger partial charge < -0.3 is 20.6 Å².